The highest BCUT2D eigenvalue weighted by Gasteiger charge is 2.27. The number of thiophene rings is 1. The van der Waals surface area contributed by atoms with E-state index < -0.39 is 0 Å². The second-order valence-electron chi connectivity index (χ2n) is 5.91. The third-order valence-corrected chi connectivity index (χ3v) is 5.37. The first-order chi connectivity index (χ1) is 11.8. The zero-order valence-electron chi connectivity index (χ0n) is 13.0. The summed E-state index contributed by atoms with van der Waals surface area (Å²) in [6.45, 7) is 0.547. The van der Waals surface area contributed by atoms with Crippen LogP contribution in [0.2, 0.25) is 0 Å². The number of pyridine rings is 1. The maximum Gasteiger partial charge on any atom is 0.124 e. The molecule has 1 saturated heterocycles. The molecule has 1 aliphatic rings. The zero-order valence-corrected chi connectivity index (χ0v) is 13.8. The van der Waals surface area contributed by atoms with Crippen molar-refractivity contribution in [2.75, 3.05) is 6.61 Å². The van der Waals surface area contributed by atoms with E-state index in [2.05, 4.69) is 26.7 Å². The molecular weight excluding hydrogens is 322 g/mol. The normalized spacial score (nSPS) is 20.9. The minimum atomic E-state index is 0.0175. The molecule has 6 nitrogen and oxygen atoms in total. The second-order valence-corrected chi connectivity index (χ2v) is 6.82. The first-order valence-corrected chi connectivity index (χ1v) is 8.78. The van der Waals surface area contributed by atoms with Crippen LogP contribution in [0.1, 0.15) is 31.1 Å². The van der Waals surface area contributed by atoms with E-state index in [9.17, 15) is 0 Å². The van der Waals surface area contributed by atoms with Gasteiger partial charge in [0.1, 0.15) is 11.3 Å². The van der Waals surface area contributed by atoms with Crippen molar-refractivity contribution in [3.63, 3.8) is 0 Å². The fraction of sp³-hybridized carbons (Fsp3) is 0.412. The molecule has 7 heteroatoms. The number of nitrogens with zero attached hydrogens (tertiary/aromatic N) is 5. The van der Waals surface area contributed by atoms with Crippen LogP contribution in [0.25, 0.3) is 21.3 Å². The van der Waals surface area contributed by atoms with Crippen LogP contribution in [-0.4, -0.2) is 27.2 Å². The van der Waals surface area contributed by atoms with E-state index in [1.165, 1.54) is 0 Å². The van der Waals surface area contributed by atoms with E-state index in [1.807, 2.05) is 11.4 Å². The lowest BCUT2D eigenvalue weighted by atomic mass is 10.0. The third kappa shape index (κ3) is 2.43. The average molecular weight is 337 g/mol. The molecule has 4 heterocycles. The lowest BCUT2D eigenvalue weighted by molar-refractivity contribution is -0.00813. The van der Waals surface area contributed by atoms with Crippen LogP contribution in [0.3, 0.4) is 0 Å². The molecule has 24 heavy (non-hydrogen) atoms. The van der Waals surface area contributed by atoms with Gasteiger partial charge in [0, 0.05) is 0 Å². The van der Waals surface area contributed by atoms with E-state index >= 15 is 0 Å². The molecule has 0 amide bonds. The van der Waals surface area contributed by atoms with Crippen LogP contribution in [0, 0.1) is 22.7 Å². The highest BCUT2D eigenvalue weighted by atomic mass is 32.1. The van der Waals surface area contributed by atoms with Gasteiger partial charge in [0.25, 0.3) is 0 Å². The molecular formula is C17H15N5OS. The van der Waals surface area contributed by atoms with Gasteiger partial charge in [-0.05, 0) is 24.3 Å². The third-order valence-electron chi connectivity index (χ3n) is 4.46. The van der Waals surface area contributed by atoms with Gasteiger partial charge in [-0.2, -0.15) is 10.5 Å². The average Bonchev–Trinajstić information content (AvgIpc) is 3.20. The Morgan fingerprint density at radius 3 is 2.96 bits per heavy atom. The van der Waals surface area contributed by atoms with Crippen molar-refractivity contribution < 1.29 is 4.74 Å². The predicted octanol–water partition coefficient (Wildman–Crippen LogP) is 3.35. The van der Waals surface area contributed by atoms with Gasteiger partial charge in [-0.15, -0.1) is 11.3 Å². The smallest absolute Gasteiger partial charge is 0.124 e. The molecule has 0 saturated carbocycles. The first kappa shape index (κ1) is 15.1. The molecule has 120 valence electrons. The van der Waals surface area contributed by atoms with E-state index in [1.54, 1.807) is 17.5 Å². The van der Waals surface area contributed by atoms with E-state index in [0.29, 0.717) is 13.0 Å². The van der Waals surface area contributed by atoms with Gasteiger partial charge >= 0.3 is 0 Å². The molecule has 0 N–H and O–H groups in total. The zero-order chi connectivity index (χ0) is 16.5. The molecule has 1 aliphatic heterocycles. The maximum atomic E-state index is 9.17. The molecule has 0 spiro atoms. The molecule has 0 aromatic carbocycles. The Morgan fingerprint density at radius 2 is 2.21 bits per heavy atom. The van der Waals surface area contributed by atoms with E-state index in [4.69, 9.17) is 15.3 Å². The van der Waals surface area contributed by atoms with Crippen molar-refractivity contribution in [3.05, 3.63) is 23.5 Å². The molecule has 2 atom stereocenters. The van der Waals surface area contributed by atoms with Gasteiger partial charge in [-0.25, -0.2) is 4.98 Å². The lowest BCUT2D eigenvalue weighted by Crippen LogP contribution is -2.28. The summed E-state index contributed by atoms with van der Waals surface area (Å²) >= 11 is 1.64. The molecule has 0 unspecified atom stereocenters. The van der Waals surface area contributed by atoms with Gasteiger partial charge in [-0.3, -0.25) is 4.98 Å². The Labute approximate surface area is 142 Å². The van der Waals surface area contributed by atoms with Crippen molar-refractivity contribution in [1.29, 1.82) is 10.5 Å². The largest absolute Gasteiger partial charge is 0.375 e. The summed E-state index contributed by atoms with van der Waals surface area (Å²) in [5.41, 5.74) is 2.83. The predicted molar refractivity (Wildman–Crippen MR) is 90.5 cm³/mol. The molecule has 0 bridgehead atoms. The van der Waals surface area contributed by atoms with Crippen LogP contribution in [-0.2, 0) is 11.2 Å². The highest BCUT2D eigenvalue weighted by molar-refractivity contribution is 7.18. The van der Waals surface area contributed by atoms with E-state index in [0.717, 1.165) is 39.9 Å². The lowest BCUT2D eigenvalue weighted by Gasteiger charge is -2.30. The number of hydrogen-bond donors (Lipinski definition) is 0. The SMILES string of the molecule is N#CCc1nc2cnc3ccsc3c2n1[C@H]1CC[C@H](CC#N)OC1. The molecule has 3 aromatic heterocycles. The van der Waals surface area contributed by atoms with Gasteiger partial charge in [0.2, 0.25) is 0 Å². The monoisotopic (exact) mass is 337 g/mol. The van der Waals surface area contributed by atoms with Crippen molar-refractivity contribution in [2.24, 2.45) is 0 Å². The minimum Gasteiger partial charge on any atom is -0.375 e. The van der Waals surface area contributed by atoms with Gasteiger partial charge in [0.15, 0.2) is 0 Å². The van der Waals surface area contributed by atoms with Gasteiger partial charge in [-0.1, -0.05) is 0 Å². The molecule has 4 rings (SSSR count). The number of rotatable bonds is 3. The Morgan fingerprint density at radius 1 is 1.29 bits per heavy atom. The second kappa shape index (κ2) is 6.20. The van der Waals surface area contributed by atoms with Crippen LogP contribution in [0.4, 0.5) is 0 Å². The fourth-order valence-electron chi connectivity index (χ4n) is 3.37. The summed E-state index contributed by atoms with van der Waals surface area (Å²) < 4.78 is 9.13. The molecule has 0 radical (unpaired) electrons. The summed E-state index contributed by atoms with van der Waals surface area (Å²) in [6.07, 6.45) is 4.27. The number of nitriles is 2. The Balaban J connectivity index is 1.81. The summed E-state index contributed by atoms with van der Waals surface area (Å²) in [4.78, 5) is 9.09. The Bertz CT molecular complexity index is 969. The van der Waals surface area contributed by atoms with E-state index in [-0.39, 0.29) is 18.6 Å². The number of imidazole rings is 1. The molecule has 0 aliphatic carbocycles. The van der Waals surface area contributed by atoms with Crippen molar-refractivity contribution >= 4 is 32.6 Å². The summed E-state index contributed by atoms with van der Waals surface area (Å²) in [5, 5.41) is 20.0. The number of ether oxygens (including phenoxy) is 1. The molecule has 1 fully saturated rings. The first-order valence-electron chi connectivity index (χ1n) is 7.90. The number of fused-ring (bicyclic) bond motifs is 3. The van der Waals surface area contributed by atoms with Crippen LogP contribution < -0.4 is 0 Å². The van der Waals surface area contributed by atoms with Crippen LogP contribution in [0.5, 0.6) is 0 Å². The minimum absolute atomic E-state index is 0.0175. The van der Waals surface area contributed by atoms with Gasteiger partial charge < -0.3 is 9.30 Å². The quantitative estimate of drug-likeness (QED) is 0.731. The van der Waals surface area contributed by atoms with Crippen molar-refractivity contribution in [3.8, 4) is 12.1 Å². The Kier molecular flexibility index (Phi) is 3.89. The summed E-state index contributed by atoms with van der Waals surface area (Å²) in [5.74, 6) is 0.766. The van der Waals surface area contributed by atoms with Crippen molar-refractivity contribution in [1.82, 2.24) is 14.5 Å². The standard InChI is InChI=1S/C17H15N5OS/c18-6-3-12-2-1-11(10-23-12)22-15(4-7-19)21-14-9-20-13-5-8-24-17(13)16(14)22/h5,8-9,11-12H,1-4,10H2/t11-,12+/m0/s1. The Hall–Kier alpha value is -2.48. The van der Waals surface area contributed by atoms with Crippen LogP contribution in [0.15, 0.2) is 17.6 Å². The maximum absolute atomic E-state index is 9.17. The molecule has 3 aromatic rings. The van der Waals surface area contributed by atoms with Gasteiger partial charge in [0.05, 0.1) is 65.7 Å². The highest BCUT2D eigenvalue weighted by Crippen LogP contribution is 2.34. The topological polar surface area (TPSA) is 87.5 Å². The van der Waals surface area contributed by atoms with Crippen molar-refractivity contribution in [2.45, 2.75) is 37.8 Å². The summed E-state index contributed by atoms with van der Waals surface area (Å²) in [7, 11) is 0. The number of hydrogen-bond acceptors (Lipinski definition) is 6. The van der Waals surface area contributed by atoms with Crippen LogP contribution >= 0.6 is 11.3 Å². The fourth-order valence-corrected chi connectivity index (χ4v) is 4.26. The summed E-state index contributed by atoms with van der Waals surface area (Å²) in [6, 6.07) is 6.53. The number of aromatic nitrogens is 3.